The average molecular weight is 222 g/mol. The molecule has 0 spiro atoms. The Labute approximate surface area is 92.5 Å². The SMILES string of the molecule is N[C@@H](Cc1c[nH]cn1)C(=O)O.c1cc[nH]c1. The Kier molecular flexibility index (Phi) is 4.81. The number of aromatic nitrogens is 3. The molecule has 5 N–H and O–H groups in total. The zero-order valence-corrected chi connectivity index (χ0v) is 8.63. The number of H-pyrrole nitrogens is 2. The van der Waals surface area contributed by atoms with E-state index < -0.39 is 12.0 Å². The van der Waals surface area contributed by atoms with Crippen molar-refractivity contribution in [3.05, 3.63) is 42.7 Å². The van der Waals surface area contributed by atoms with Gasteiger partial charge in [0.1, 0.15) is 6.04 Å². The van der Waals surface area contributed by atoms with E-state index in [1.165, 1.54) is 6.33 Å². The summed E-state index contributed by atoms with van der Waals surface area (Å²) in [5, 5.41) is 8.42. The summed E-state index contributed by atoms with van der Waals surface area (Å²) in [7, 11) is 0. The number of aromatic amines is 2. The summed E-state index contributed by atoms with van der Waals surface area (Å²) in [4.78, 5) is 19.7. The molecule has 0 saturated carbocycles. The standard InChI is InChI=1S/C6H9N3O2.C4H5N/c7-5(6(10)11)1-4-2-8-3-9-4;1-2-4-5-3-1/h2-3,5H,1,7H2,(H,8,9)(H,10,11);1-5H/t5-;/m0./s1. The maximum absolute atomic E-state index is 10.3. The molecule has 86 valence electrons. The van der Waals surface area contributed by atoms with Gasteiger partial charge in [-0.1, -0.05) is 0 Å². The van der Waals surface area contributed by atoms with Crippen molar-refractivity contribution in [3.63, 3.8) is 0 Å². The van der Waals surface area contributed by atoms with Gasteiger partial charge in [0, 0.05) is 25.0 Å². The number of carboxylic acids is 1. The second-order valence-corrected chi connectivity index (χ2v) is 3.09. The first-order chi connectivity index (χ1) is 7.70. The fraction of sp³-hybridized carbons (Fsp3) is 0.200. The smallest absolute Gasteiger partial charge is 0.320 e. The van der Waals surface area contributed by atoms with Gasteiger partial charge in [-0.2, -0.15) is 0 Å². The van der Waals surface area contributed by atoms with Gasteiger partial charge in [0.05, 0.1) is 12.0 Å². The van der Waals surface area contributed by atoms with Crippen LogP contribution in [0, 0.1) is 0 Å². The normalized spacial score (nSPS) is 11.3. The molecule has 6 heteroatoms. The van der Waals surface area contributed by atoms with Crippen LogP contribution in [0.1, 0.15) is 5.69 Å². The highest BCUT2D eigenvalue weighted by Gasteiger charge is 2.12. The number of carboxylic acid groups (broad SMARTS) is 1. The number of aliphatic carboxylic acids is 1. The van der Waals surface area contributed by atoms with Gasteiger partial charge >= 0.3 is 5.97 Å². The number of hydrogen-bond acceptors (Lipinski definition) is 3. The van der Waals surface area contributed by atoms with Crippen LogP contribution in [-0.2, 0) is 11.2 Å². The molecular weight excluding hydrogens is 208 g/mol. The van der Waals surface area contributed by atoms with Crippen molar-refractivity contribution < 1.29 is 9.90 Å². The summed E-state index contributed by atoms with van der Waals surface area (Å²) in [5.74, 6) is -1.01. The first-order valence-corrected chi connectivity index (χ1v) is 4.74. The van der Waals surface area contributed by atoms with E-state index in [1.807, 2.05) is 24.5 Å². The summed E-state index contributed by atoms with van der Waals surface area (Å²) in [6, 6.07) is 3.03. The molecule has 0 radical (unpaired) electrons. The number of carbonyl (C=O) groups is 1. The van der Waals surface area contributed by atoms with Gasteiger partial charge in [0.15, 0.2) is 0 Å². The molecule has 0 bridgehead atoms. The van der Waals surface area contributed by atoms with Crippen LogP contribution in [0.3, 0.4) is 0 Å². The molecule has 1 atom stereocenters. The largest absolute Gasteiger partial charge is 0.480 e. The highest BCUT2D eigenvalue weighted by atomic mass is 16.4. The minimum absolute atomic E-state index is 0.263. The number of nitrogens with zero attached hydrogens (tertiary/aromatic N) is 1. The first kappa shape index (κ1) is 12.0. The number of nitrogens with two attached hydrogens (primary N) is 1. The fourth-order valence-electron chi connectivity index (χ4n) is 0.993. The number of hydrogen-bond donors (Lipinski definition) is 4. The molecule has 0 fully saturated rings. The third-order valence-corrected chi connectivity index (χ3v) is 1.80. The summed E-state index contributed by atoms with van der Waals surface area (Å²) >= 11 is 0. The Bertz CT molecular complexity index is 366. The predicted octanol–water partition coefficient (Wildman–Crippen LogP) is 0.379. The maximum Gasteiger partial charge on any atom is 0.320 e. The van der Waals surface area contributed by atoms with Crippen LogP contribution < -0.4 is 5.73 Å². The van der Waals surface area contributed by atoms with Crippen LogP contribution in [-0.4, -0.2) is 32.1 Å². The topological polar surface area (TPSA) is 108 Å². The Morgan fingerprint density at radius 3 is 2.50 bits per heavy atom. The molecular formula is C10H14N4O2. The Morgan fingerprint density at radius 1 is 1.44 bits per heavy atom. The van der Waals surface area contributed by atoms with Crippen LogP contribution in [0.4, 0.5) is 0 Å². The molecule has 6 nitrogen and oxygen atoms in total. The molecule has 0 amide bonds. The molecule has 2 aromatic heterocycles. The van der Waals surface area contributed by atoms with Crippen LogP contribution in [0.5, 0.6) is 0 Å². The molecule has 16 heavy (non-hydrogen) atoms. The third-order valence-electron chi connectivity index (χ3n) is 1.80. The van der Waals surface area contributed by atoms with E-state index >= 15 is 0 Å². The van der Waals surface area contributed by atoms with E-state index in [0.29, 0.717) is 5.69 Å². The van der Waals surface area contributed by atoms with Gasteiger partial charge in [-0.3, -0.25) is 4.79 Å². The lowest BCUT2D eigenvalue weighted by Crippen LogP contribution is -2.32. The Hall–Kier alpha value is -2.08. The molecule has 0 aliphatic carbocycles. The van der Waals surface area contributed by atoms with Crippen LogP contribution in [0.25, 0.3) is 0 Å². The molecule has 0 aromatic carbocycles. The zero-order valence-electron chi connectivity index (χ0n) is 8.63. The van der Waals surface area contributed by atoms with Crippen LogP contribution in [0.2, 0.25) is 0 Å². The van der Waals surface area contributed by atoms with Gasteiger partial charge < -0.3 is 20.8 Å². The number of rotatable bonds is 3. The average Bonchev–Trinajstić information content (AvgIpc) is 2.92. The summed E-state index contributed by atoms with van der Waals surface area (Å²) < 4.78 is 0. The van der Waals surface area contributed by atoms with E-state index in [0.717, 1.165) is 0 Å². The van der Waals surface area contributed by atoms with E-state index in [1.54, 1.807) is 6.20 Å². The van der Waals surface area contributed by atoms with E-state index in [4.69, 9.17) is 10.8 Å². The third kappa shape index (κ3) is 4.43. The van der Waals surface area contributed by atoms with Gasteiger partial charge in [-0.05, 0) is 12.1 Å². The Morgan fingerprint density at radius 2 is 2.12 bits per heavy atom. The lowest BCUT2D eigenvalue weighted by atomic mass is 10.2. The molecule has 2 heterocycles. The molecule has 2 aromatic rings. The molecule has 0 aliphatic rings. The van der Waals surface area contributed by atoms with E-state index in [9.17, 15) is 4.79 Å². The number of imidazole rings is 1. The lowest BCUT2D eigenvalue weighted by Gasteiger charge is -2.01. The summed E-state index contributed by atoms with van der Waals surface area (Å²) in [5.41, 5.74) is 5.92. The quantitative estimate of drug-likeness (QED) is 0.602. The Balaban J connectivity index is 0.000000212. The van der Waals surface area contributed by atoms with Gasteiger partial charge in [-0.15, -0.1) is 0 Å². The van der Waals surface area contributed by atoms with E-state index in [-0.39, 0.29) is 6.42 Å². The maximum atomic E-state index is 10.3. The van der Waals surface area contributed by atoms with Crippen molar-refractivity contribution in [1.29, 1.82) is 0 Å². The van der Waals surface area contributed by atoms with Crippen LogP contribution >= 0.6 is 0 Å². The van der Waals surface area contributed by atoms with Gasteiger partial charge in [0.2, 0.25) is 0 Å². The fourth-order valence-corrected chi connectivity index (χ4v) is 0.993. The second-order valence-electron chi connectivity index (χ2n) is 3.09. The molecule has 0 unspecified atom stereocenters. The van der Waals surface area contributed by atoms with Crippen molar-refractivity contribution in [3.8, 4) is 0 Å². The van der Waals surface area contributed by atoms with E-state index in [2.05, 4.69) is 15.0 Å². The molecule has 2 rings (SSSR count). The highest BCUT2D eigenvalue weighted by Crippen LogP contribution is 1.95. The van der Waals surface area contributed by atoms with Gasteiger partial charge in [-0.25, -0.2) is 4.98 Å². The highest BCUT2D eigenvalue weighted by molar-refractivity contribution is 5.73. The number of nitrogens with one attached hydrogen (secondary N) is 2. The van der Waals surface area contributed by atoms with Crippen molar-refractivity contribution in [1.82, 2.24) is 15.0 Å². The van der Waals surface area contributed by atoms with Crippen LogP contribution in [0.15, 0.2) is 37.1 Å². The van der Waals surface area contributed by atoms with Crippen molar-refractivity contribution >= 4 is 5.97 Å². The predicted molar refractivity (Wildman–Crippen MR) is 58.7 cm³/mol. The minimum Gasteiger partial charge on any atom is -0.480 e. The summed E-state index contributed by atoms with van der Waals surface area (Å²) in [6.45, 7) is 0. The minimum atomic E-state index is -1.01. The lowest BCUT2D eigenvalue weighted by molar-refractivity contribution is -0.138. The molecule has 0 aliphatic heterocycles. The van der Waals surface area contributed by atoms with Crippen molar-refractivity contribution in [2.24, 2.45) is 5.73 Å². The zero-order chi connectivity index (χ0) is 11.8. The molecule has 0 saturated heterocycles. The second kappa shape index (κ2) is 6.41. The van der Waals surface area contributed by atoms with Gasteiger partial charge in [0.25, 0.3) is 0 Å². The van der Waals surface area contributed by atoms with Crippen molar-refractivity contribution in [2.45, 2.75) is 12.5 Å². The summed E-state index contributed by atoms with van der Waals surface area (Å²) in [6.07, 6.45) is 7.13. The monoisotopic (exact) mass is 222 g/mol. The first-order valence-electron chi connectivity index (χ1n) is 4.74. The van der Waals surface area contributed by atoms with Crippen molar-refractivity contribution in [2.75, 3.05) is 0 Å².